The van der Waals surface area contributed by atoms with Crippen molar-refractivity contribution in [3.63, 3.8) is 0 Å². The Balaban J connectivity index is 1.90. The molecule has 3 heterocycles. The molecule has 0 unspecified atom stereocenters. The van der Waals surface area contributed by atoms with E-state index in [4.69, 9.17) is 5.73 Å². The molecule has 2 aromatic heterocycles. The van der Waals surface area contributed by atoms with Crippen molar-refractivity contribution >= 4 is 11.8 Å². The van der Waals surface area contributed by atoms with Gasteiger partial charge in [0.25, 0.3) is 11.8 Å². The molecule has 1 saturated heterocycles. The van der Waals surface area contributed by atoms with Gasteiger partial charge in [0.2, 0.25) is 0 Å². The first-order chi connectivity index (χ1) is 10.1. The molecule has 2 amide bonds. The summed E-state index contributed by atoms with van der Waals surface area (Å²) in [6, 6.07) is -0.206. The number of likely N-dealkylation sites (tertiary alicyclic amines) is 1. The Morgan fingerprint density at radius 3 is 2.90 bits per heavy atom. The maximum Gasteiger partial charge on any atom is 0.257 e. The molecule has 8 nitrogen and oxygen atoms in total. The van der Waals surface area contributed by atoms with Gasteiger partial charge in [-0.25, -0.2) is 0 Å². The number of nitrogens with two attached hydrogens (primary N) is 1. The second kappa shape index (κ2) is 5.04. The number of aromatic amines is 1. The van der Waals surface area contributed by atoms with Crippen LogP contribution in [0.2, 0.25) is 0 Å². The van der Waals surface area contributed by atoms with Crippen LogP contribution < -0.4 is 5.73 Å². The van der Waals surface area contributed by atoms with Crippen molar-refractivity contribution in [2.24, 2.45) is 12.8 Å². The summed E-state index contributed by atoms with van der Waals surface area (Å²) < 4.78 is 1.59. The number of hydrogen-bond acceptors (Lipinski definition) is 4. The first kappa shape index (κ1) is 13.3. The maximum atomic E-state index is 12.6. The number of hydrogen-bond donors (Lipinski definition) is 2. The molecule has 0 aliphatic carbocycles. The number of carbonyl (C=O) groups excluding carboxylic acids is 2. The van der Waals surface area contributed by atoms with Gasteiger partial charge in [0.15, 0.2) is 0 Å². The molecule has 1 aliphatic rings. The summed E-state index contributed by atoms with van der Waals surface area (Å²) in [7, 11) is 1.76. The summed E-state index contributed by atoms with van der Waals surface area (Å²) in [5.74, 6) is -0.643. The van der Waals surface area contributed by atoms with Gasteiger partial charge in [0, 0.05) is 19.8 Å². The van der Waals surface area contributed by atoms with Crippen LogP contribution in [-0.4, -0.2) is 43.2 Å². The normalized spacial score (nSPS) is 18.1. The lowest BCUT2D eigenvalue weighted by molar-refractivity contribution is 0.0730. The summed E-state index contributed by atoms with van der Waals surface area (Å²) in [5.41, 5.74) is 6.83. The number of aryl methyl sites for hydroxylation is 1. The van der Waals surface area contributed by atoms with E-state index >= 15 is 0 Å². The fourth-order valence-corrected chi connectivity index (χ4v) is 2.75. The van der Waals surface area contributed by atoms with Crippen molar-refractivity contribution in [3.8, 4) is 0 Å². The first-order valence-corrected chi connectivity index (χ1v) is 6.70. The average molecular weight is 288 g/mol. The highest BCUT2D eigenvalue weighted by Gasteiger charge is 2.34. The molecule has 110 valence electrons. The van der Waals surface area contributed by atoms with Gasteiger partial charge in [-0.1, -0.05) is 0 Å². The minimum atomic E-state index is -0.542. The van der Waals surface area contributed by atoms with E-state index in [2.05, 4.69) is 15.3 Å². The zero-order valence-corrected chi connectivity index (χ0v) is 11.6. The number of H-pyrrole nitrogens is 1. The van der Waals surface area contributed by atoms with E-state index in [-0.39, 0.29) is 11.9 Å². The molecule has 3 rings (SSSR count). The third-order valence-corrected chi connectivity index (χ3v) is 3.73. The van der Waals surface area contributed by atoms with Crippen LogP contribution in [-0.2, 0) is 7.05 Å². The zero-order chi connectivity index (χ0) is 15.0. The molecule has 1 atom stereocenters. The maximum absolute atomic E-state index is 12.6. The SMILES string of the molecule is Cn1cc(C(=O)N2CCC[C@H]2c2[nH]ncc2C(N)=O)cn1. The summed E-state index contributed by atoms with van der Waals surface area (Å²) in [4.78, 5) is 25.7. The lowest BCUT2D eigenvalue weighted by Crippen LogP contribution is -2.31. The second-order valence-electron chi connectivity index (χ2n) is 5.12. The number of primary amides is 1. The molecule has 1 aliphatic heterocycles. The molecule has 3 N–H and O–H groups in total. The Kier molecular flexibility index (Phi) is 3.20. The van der Waals surface area contributed by atoms with E-state index in [1.807, 2.05) is 0 Å². The van der Waals surface area contributed by atoms with Gasteiger partial charge in [-0.3, -0.25) is 19.4 Å². The number of amides is 2. The van der Waals surface area contributed by atoms with E-state index in [0.717, 1.165) is 12.8 Å². The van der Waals surface area contributed by atoms with Crippen molar-refractivity contribution in [1.29, 1.82) is 0 Å². The molecule has 1 fully saturated rings. The van der Waals surface area contributed by atoms with E-state index in [1.54, 1.807) is 29.0 Å². The van der Waals surface area contributed by atoms with Crippen LogP contribution in [0.1, 0.15) is 45.3 Å². The lowest BCUT2D eigenvalue weighted by atomic mass is 10.1. The molecule has 0 aromatic carbocycles. The number of nitrogens with one attached hydrogen (secondary N) is 1. The molecular formula is C13H16N6O2. The highest BCUT2D eigenvalue weighted by molar-refractivity contribution is 5.96. The number of aromatic nitrogens is 4. The minimum Gasteiger partial charge on any atom is -0.365 e. The first-order valence-electron chi connectivity index (χ1n) is 6.70. The molecular weight excluding hydrogens is 272 g/mol. The van der Waals surface area contributed by atoms with Crippen LogP contribution >= 0.6 is 0 Å². The van der Waals surface area contributed by atoms with Crippen LogP contribution in [0.25, 0.3) is 0 Å². The minimum absolute atomic E-state index is 0.101. The van der Waals surface area contributed by atoms with Crippen LogP contribution in [0.4, 0.5) is 0 Å². The van der Waals surface area contributed by atoms with E-state index in [1.165, 1.54) is 6.20 Å². The van der Waals surface area contributed by atoms with Crippen LogP contribution in [0.5, 0.6) is 0 Å². The number of nitrogens with zero attached hydrogens (tertiary/aromatic N) is 4. The molecule has 0 bridgehead atoms. The monoisotopic (exact) mass is 288 g/mol. The summed E-state index contributed by atoms with van der Waals surface area (Å²) in [5, 5.41) is 10.7. The highest BCUT2D eigenvalue weighted by Crippen LogP contribution is 2.33. The Hall–Kier alpha value is -2.64. The topological polar surface area (TPSA) is 110 Å². The second-order valence-corrected chi connectivity index (χ2v) is 5.12. The van der Waals surface area contributed by atoms with Gasteiger partial charge in [0.05, 0.1) is 35.3 Å². The molecule has 0 spiro atoms. The highest BCUT2D eigenvalue weighted by atomic mass is 16.2. The van der Waals surface area contributed by atoms with Crippen LogP contribution in [0.15, 0.2) is 18.6 Å². The van der Waals surface area contributed by atoms with Gasteiger partial charge in [-0.15, -0.1) is 0 Å². The van der Waals surface area contributed by atoms with Gasteiger partial charge in [-0.2, -0.15) is 10.2 Å². The number of carbonyl (C=O) groups is 2. The third-order valence-electron chi connectivity index (χ3n) is 3.73. The van der Waals surface area contributed by atoms with Crippen molar-refractivity contribution in [1.82, 2.24) is 24.9 Å². The predicted molar refractivity (Wildman–Crippen MR) is 73.3 cm³/mol. The summed E-state index contributed by atoms with van der Waals surface area (Å²) >= 11 is 0. The van der Waals surface area contributed by atoms with E-state index < -0.39 is 5.91 Å². The van der Waals surface area contributed by atoms with Crippen LogP contribution in [0.3, 0.4) is 0 Å². The average Bonchev–Trinajstić information content (AvgIpc) is 3.16. The largest absolute Gasteiger partial charge is 0.365 e. The smallest absolute Gasteiger partial charge is 0.257 e. The van der Waals surface area contributed by atoms with E-state index in [0.29, 0.717) is 23.4 Å². The van der Waals surface area contributed by atoms with Crippen molar-refractivity contribution in [2.75, 3.05) is 6.54 Å². The summed E-state index contributed by atoms with van der Waals surface area (Å²) in [6.07, 6.45) is 6.27. The van der Waals surface area contributed by atoms with Gasteiger partial charge < -0.3 is 10.6 Å². The number of rotatable bonds is 3. The molecule has 0 radical (unpaired) electrons. The van der Waals surface area contributed by atoms with E-state index in [9.17, 15) is 9.59 Å². The Bertz CT molecular complexity index is 688. The van der Waals surface area contributed by atoms with Crippen molar-refractivity contribution in [2.45, 2.75) is 18.9 Å². The molecule has 8 heteroatoms. The van der Waals surface area contributed by atoms with Crippen molar-refractivity contribution in [3.05, 3.63) is 35.4 Å². The fraction of sp³-hybridized carbons (Fsp3) is 0.385. The van der Waals surface area contributed by atoms with Gasteiger partial charge in [-0.05, 0) is 12.8 Å². The standard InChI is InChI=1S/C13H16N6O2/c1-18-7-8(5-16-18)13(21)19-4-2-3-10(19)11-9(12(14)20)6-15-17-11/h5-7,10H,2-4H2,1H3,(H2,14,20)(H,15,17)/t10-/m0/s1. The van der Waals surface area contributed by atoms with Crippen LogP contribution in [0, 0.1) is 0 Å². The third kappa shape index (κ3) is 2.28. The quantitative estimate of drug-likeness (QED) is 0.841. The lowest BCUT2D eigenvalue weighted by Gasteiger charge is -2.23. The van der Waals surface area contributed by atoms with Crippen molar-refractivity contribution < 1.29 is 9.59 Å². The summed E-state index contributed by atoms with van der Waals surface area (Å²) in [6.45, 7) is 0.635. The molecule has 21 heavy (non-hydrogen) atoms. The molecule has 0 saturated carbocycles. The Labute approximate surface area is 120 Å². The Morgan fingerprint density at radius 2 is 2.24 bits per heavy atom. The van der Waals surface area contributed by atoms with Gasteiger partial charge >= 0.3 is 0 Å². The predicted octanol–water partition coefficient (Wildman–Crippen LogP) is 0.219. The zero-order valence-electron chi connectivity index (χ0n) is 11.6. The van der Waals surface area contributed by atoms with Gasteiger partial charge in [0.1, 0.15) is 0 Å². The molecule has 2 aromatic rings. The Morgan fingerprint density at radius 1 is 1.43 bits per heavy atom. The fourth-order valence-electron chi connectivity index (χ4n) is 2.75.